The van der Waals surface area contributed by atoms with Crippen molar-refractivity contribution in [2.45, 2.75) is 0 Å². The van der Waals surface area contributed by atoms with Crippen LogP contribution in [0.25, 0.3) is 22.2 Å². The number of aromatic nitrogens is 3. The van der Waals surface area contributed by atoms with Gasteiger partial charge in [0.15, 0.2) is 5.84 Å². The summed E-state index contributed by atoms with van der Waals surface area (Å²) in [5.74, 6) is -0.168. The standard InChI is InChI=1S/C15H11N5O2/c16-14(20-15(21)22)13-7-12(18-8-19-13)10-3-4-11-9(6-10)2-1-5-17-11/h1-8H,(H2,16,20)(H,21,22). The Labute approximate surface area is 125 Å². The summed E-state index contributed by atoms with van der Waals surface area (Å²) in [4.78, 5) is 26.2. The van der Waals surface area contributed by atoms with Crippen molar-refractivity contribution in [3.63, 3.8) is 0 Å². The van der Waals surface area contributed by atoms with E-state index in [0.29, 0.717) is 5.69 Å². The first-order valence-electron chi connectivity index (χ1n) is 6.38. The van der Waals surface area contributed by atoms with Gasteiger partial charge < -0.3 is 10.8 Å². The molecule has 2 aromatic heterocycles. The number of nitrogens with zero attached hydrogens (tertiary/aromatic N) is 4. The van der Waals surface area contributed by atoms with E-state index in [0.717, 1.165) is 16.5 Å². The number of hydrogen-bond donors (Lipinski definition) is 2. The molecule has 1 amide bonds. The van der Waals surface area contributed by atoms with E-state index in [-0.39, 0.29) is 11.5 Å². The molecule has 0 fully saturated rings. The van der Waals surface area contributed by atoms with Gasteiger partial charge in [-0.05, 0) is 24.3 Å². The molecule has 22 heavy (non-hydrogen) atoms. The highest BCUT2D eigenvalue weighted by Gasteiger charge is 2.07. The van der Waals surface area contributed by atoms with Crippen LogP contribution in [-0.2, 0) is 0 Å². The molecule has 108 valence electrons. The highest BCUT2D eigenvalue weighted by atomic mass is 16.4. The molecule has 3 rings (SSSR count). The lowest BCUT2D eigenvalue weighted by Crippen LogP contribution is -2.17. The number of benzene rings is 1. The topological polar surface area (TPSA) is 114 Å². The Morgan fingerprint density at radius 2 is 2.00 bits per heavy atom. The normalized spacial score (nSPS) is 11.5. The van der Waals surface area contributed by atoms with Gasteiger partial charge in [0.1, 0.15) is 12.0 Å². The number of hydrogen-bond acceptors (Lipinski definition) is 4. The maximum atomic E-state index is 10.6. The third-order valence-corrected chi connectivity index (χ3v) is 3.04. The van der Waals surface area contributed by atoms with Crippen molar-refractivity contribution in [3.8, 4) is 11.3 Å². The van der Waals surface area contributed by atoms with Gasteiger partial charge >= 0.3 is 6.09 Å². The Kier molecular flexibility index (Phi) is 3.45. The van der Waals surface area contributed by atoms with Gasteiger partial charge in [0.05, 0.1) is 11.2 Å². The van der Waals surface area contributed by atoms with Gasteiger partial charge in [-0.2, -0.15) is 4.99 Å². The number of nitrogens with two attached hydrogens (primary N) is 1. The van der Waals surface area contributed by atoms with Gasteiger partial charge in [0, 0.05) is 17.1 Å². The second-order valence-electron chi connectivity index (χ2n) is 4.48. The van der Waals surface area contributed by atoms with Gasteiger partial charge in [-0.15, -0.1) is 0 Å². The van der Waals surface area contributed by atoms with Crippen molar-refractivity contribution in [2.75, 3.05) is 0 Å². The smallest absolute Gasteiger partial charge is 0.433 e. The molecule has 3 aromatic rings. The maximum absolute atomic E-state index is 10.6. The third kappa shape index (κ3) is 2.73. The van der Waals surface area contributed by atoms with Crippen LogP contribution in [0.3, 0.4) is 0 Å². The Balaban J connectivity index is 2.05. The van der Waals surface area contributed by atoms with Crippen LogP contribution < -0.4 is 5.73 Å². The van der Waals surface area contributed by atoms with Gasteiger partial charge in [0.2, 0.25) is 0 Å². The van der Waals surface area contributed by atoms with E-state index in [1.807, 2.05) is 30.3 Å². The minimum absolute atomic E-state index is 0.168. The van der Waals surface area contributed by atoms with Crippen molar-refractivity contribution in [2.24, 2.45) is 10.7 Å². The lowest BCUT2D eigenvalue weighted by Gasteiger charge is -2.04. The van der Waals surface area contributed by atoms with E-state index in [1.54, 1.807) is 12.3 Å². The average molecular weight is 293 g/mol. The SMILES string of the molecule is N/C(=N\C(=O)O)c1cc(-c2ccc3ncccc3c2)ncn1. The Hall–Kier alpha value is -3.35. The van der Waals surface area contributed by atoms with Crippen molar-refractivity contribution in [1.29, 1.82) is 0 Å². The van der Waals surface area contributed by atoms with Crippen molar-refractivity contribution < 1.29 is 9.90 Å². The highest BCUT2D eigenvalue weighted by molar-refractivity contribution is 6.01. The molecule has 0 atom stereocenters. The van der Waals surface area contributed by atoms with Crippen LogP contribution in [-0.4, -0.2) is 32.0 Å². The zero-order valence-electron chi connectivity index (χ0n) is 11.3. The van der Waals surface area contributed by atoms with Crippen LogP contribution in [0.2, 0.25) is 0 Å². The van der Waals surface area contributed by atoms with E-state index in [2.05, 4.69) is 19.9 Å². The van der Waals surface area contributed by atoms with Crippen LogP contribution in [0, 0.1) is 0 Å². The number of fused-ring (bicyclic) bond motifs is 1. The third-order valence-electron chi connectivity index (χ3n) is 3.04. The molecule has 3 N–H and O–H groups in total. The molecule has 0 unspecified atom stereocenters. The lowest BCUT2D eigenvalue weighted by atomic mass is 10.1. The number of rotatable bonds is 2. The molecule has 0 saturated carbocycles. The lowest BCUT2D eigenvalue weighted by molar-refractivity contribution is 0.205. The van der Waals surface area contributed by atoms with Crippen LogP contribution in [0.15, 0.2) is 53.9 Å². The van der Waals surface area contributed by atoms with E-state index in [4.69, 9.17) is 10.8 Å². The summed E-state index contributed by atoms with van der Waals surface area (Å²) in [5.41, 5.74) is 8.23. The summed E-state index contributed by atoms with van der Waals surface area (Å²) >= 11 is 0. The van der Waals surface area contributed by atoms with E-state index >= 15 is 0 Å². The summed E-state index contributed by atoms with van der Waals surface area (Å²) in [7, 11) is 0. The molecule has 7 heteroatoms. The minimum Gasteiger partial charge on any atom is -0.463 e. The molecule has 0 aliphatic rings. The second-order valence-corrected chi connectivity index (χ2v) is 4.48. The number of amides is 1. The first-order chi connectivity index (χ1) is 10.6. The second kappa shape index (κ2) is 5.57. The number of aliphatic imine (C=N–C) groups is 1. The fraction of sp³-hybridized carbons (Fsp3) is 0. The Bertz CT molecular complexity index is 892. The van der Waals surface area contributed by atoms with Crippen LogP contribution >= 0.6 is 0 Å². The van der Waals surface area contributed by atoms with E-state index in [1.165, 1.54) is 6.33 Å². The Morgan fingerprint density at radius 1 is 1.14 bits per heavy atom. The summed E-state index contributed by atoms with van der Waals surface area (Å²) < 4.78 is 0. The maximum Gasteiger partial charge on any atom is 0.433 e. The number of pyridine rings is 1. The van der Waals surface area contributed by atoms with Crippen LogP contribution in [0.4, 0.5) is 4.79 Å². The molecule has 1 aromatic carbocycles. The summed E-state index contributed by atoms with van der Waals surface area (Å²) in [5, 5.41) is 9.61. The van der Waals surface area contributed by atoms with E-state index in [9.17, 15) is 4.79 Å². The summed E-state index contributed by atoms with van der Waals surface area (Å²) in [6.45, 7) is 0. The molecule has 0 bridgehead atoms. The predicted molar refractivity (Wildman–Crippen MR) is 81.5 cm³/mol. The molecule has 0 radical (unpaired) electrons. The fourth-order valence-corrected chi connectivity index (χ4v) is 2.05. The first-order valence-corrected chi connectivity index (χ1v) is 6.38. The fourth-order valence-electron chi connectivity index (χ4n) is 2.05. The largest absolute Gasteiger partial charge is 0.463 e. The molecule has 0 aliphatic heterocycles. The van der Waals surface area contributed by atoms with Gasteiger partial charge in [-0.1, -0.05) is 12.1 Å². The number of amidine groups is 1. The van der Waals surface area contributed by atoms with Gasteiger partial charge in [-0.3, -0.25) is 4.98 Å². The molecule has 2 heterocycles. The Morgan fingerprint density at radius 3 is 2.82 bits per heavy atom. The van der Waals surface area contributed by atoms with Crippen LogP contribution in [0.5, 0.6) is 0 Å². The van der Waals surface area contributed by atoms with Crippen molar-refractivity contribution in [1.82, 2.24) is 15.0 Å². The average Bonchev–Trinajstić information content (AvgIpc) is 2.54. The molecular formula is C15H11N5O2. The van der Waals surface area contributed by atoms with Gasteiger partial charge in [-0.25, -0.2) is 14.8 Å². The van der Waals surface area contributed by atoms with Crippen LogP contribution in [0.1, 0.15) is 5.69 Å². The quantitative estimate of drug-likeness (QED) is 0.552. The highest BCUT2D eigenvalue weighted by Crippen LogP contribution is 2.21. The number of carboxylic acid groups (broad SMARTS) is 1. The zero-order valence-corrected chi connectivity index (χ0v) is 11.3. The van der Waals surface area contributed by atoms with E-state index < -0.39 is 6.09 Å². The van der Waals surface area contributed by atoms with Gasteiger partial charge in [0.25, 0.3) is 0 Å². The number of carbonyl (C=O) groups is 1. The first kappa shape index (κ1) is 13.6. The molecule has 0 spiro atoms. The molecular weight excluding hydrogens is 282 g/mol. The summed E-state index contributed by atoms with van der Waals surface area (Å²) in [6, 6.07) is 11.1. The van der Waals surface area contributed by atoms with Crippen molar-refractivity contribution in [3.05, 3.63) is 54.6 Å². The molecule has 0 aliphatic carbocycles. The monoisotopic (exact) mass is 293 g/mol. The van der Waals surface area contributed by atoms with Crippen molar-refractivity contribution >= 4 is 22.8 Å². The molecule has 7 nitrogen and oxygen atoms in total. The minimum atomic E-state index is -1.37. The zero-order chi connectivity index (χ0) is 15.5. The summed E-state index contributed by atoms with van der Waals surface area (Å²) in [6.07, 6.45) is 1.69. The predicted octanol–water partition coefficient (Wildman–Crippen LogP) is 2.08. The molecule has 0 saturated heterocycles.